The van der Waals surface area contributed by atoms with Crippen molar-refractivity contribution in [3.05, 3.63) is 40.6 Å². The molecule has 0 aliphatic rings. The number of aryl methyl sites for hydroxylation is 1. The van der Waals surface area contributed by atoms with Crippen molar-refractivity contribution in [1.82, 2.24) is 10.1 Å². The Morgan fingerprint density at radius 3 is 2.71 bits per heavy atom. The average Bonchev–Trinajstić information content (AvgIpc) is 3.14. The Morgan fingerprint density at radius 1 is 1.24 bits per heavy atom. The van der Waals surface area contributed by atoms with E-state index in [-0.39, 0.29) is 6.61 Å². The van der Waals surface area contributed by atoms with Gasteiger partial charge in [0.25, 0.3) is 5.89 Å². The number of aliphatic hydroxyl groups excluding tert-OH is 1. The molecule has 21 heavy (non-hydrogen) atoms. The number of rotatable bonds is 5. The van der Waals surface area contributed by atoms with Gasteiger partial charge in [-0.05, 0) is 42.1 Å². The number of nitrogens with zero attached hydrogens (tertiary/aromatic N) is 2. The predicted octanol–water partition coefficient (Wildman–Crippen LogP) is 3.18. The van der Waals surface area contributed by atoms with Gasteiger partial charge in [-0.2, -0.15) is 16.3 Å². The zero-order valence-electron chi connectivity index (χ0n) is 11.5. The molecule has 2 heterocycles. The molecular formula is C15H15N3O2S. The average molecular weight is 301 g/mol. The minimum absolute atomic E-state index is 0.106. The summed E-state index contributed by atoms with van der Waals surface area (Å²) in [6, 6.07) is 7.67. The molecule has 5 nitrogen and oxygen atoms in total. The van der Waals surface area contributed by atoms with Crippen LogP contribution in [0, 0.1) is 6.92 Å². The van der Waals surface area contributed by atoms with Crippen molar-refractivity contribution in [3.8, 4) is 22.8 Å². The van der Waals surface area contributed by atoms with Gasteiger partial charge in [0.1, 0.15) is 0 Å². The second-order valence-electron chi connectivity index (χ2n) is 4.62. The van der Waals surface area contributed by atoms with E-state index in [1.165, 1.54) is 0 Å². The fourth-order valence-electron chi connectivity index (χ4n) is 1.97. The summed E-state index contributed by atoms with van der Waals surface area (Å²) in [5.41, 5.74) is 3.98. The first kappa shape index (κ1) is 13.8. The van der Waals surface area contributed by atoms with Crippen molar-refractivity contribution in [2.45, 2.75) is 6.92 Å². The molecule has 0 bridgehead atoms. The lowest BCUT2D eigenvalue weighted by Crippen LogP contribution is -2.04. The SMILES string of the molecule is Cc1cscc1-c1noc(-c2ccc(NCCO)cc2)n1. The maximum atomic E-state index is 8.78. The van der Waals surface area contributed by atoms with E-state index in [0.717, 1.165) is 22.4 Å². The Bertz CT molecular complexity index is 719. The van der Waals surface area contributed by atoms with Crippen LogP contribution in [0.25, 0.3) is 22.8 Å². The number of aliphatic hydroxyl groups is 1. The number of benzene rings is 1. The van der Waals surface area contributed by atoms with Crippen LogP contribution >= 0.6 is 11.3 Å². The molecule has 6 heteroatoms. The molecule has 2 aromatic heterocycles. The van der Waals surface area contributed by atoms with Gasteiger partial charge < -0.3 is 14.9 Å². The third-order valence-corrected chi connectivity index (χ3v) is 3.96. The van der Waals surface area contributed by atoms with E-state index in [2.05, 4.69) is 20.8 Å². The molecule has 108 valence electrons. The first-order chi connectivity index (χ1) is 10.3. The monoisotopic (exact) mass is 301 g/mol. The van der Waals surface area contributed by atoms with Crippen LogP contribution in [0.15, 0.2) is 39.5 Å². The van der Waals surface area contributed by atoms with E-state index in [4.69, 9.17) is 9.63 Å². The minimum Gasteiger partial charge on any atom is -0.395 e. The van der Waals surface area contributed by atoms with Crippen molar-refractivity contribution < 1.29 is 9.63 Å². The first-order valence-electron chi connectivity index (χ1n) is 6.60. The lowest BCUT2D eigenvalue weighted by molar-refractivity contribution is 0.311. The van der Waals surface area contributed by atoms with Gasteiger partial charge in [0, 0.05) is 28.7 Å². The summed E-state index contributed by atoms with van der Waals surface area (Å²) < 4.78 is 5.33. The highest BCUT2D eigenvalue weighted by molar-refractivity contribution is 7.08. The largest absolute Gasteiger partial charge is 0.395 e. The summed E-state index contributed by atoms with van der Waals surface area (Å²) in [4.78, 5) is 4.44. The zero-order chi connectivity index (χ0) is 14.7. The summed E-state index contributed by atoms with van der Waals surface area (Å²) in [7, 11) is 0. The Hall–Kier alpha value is -2.18. The molecule has 0 atom stereocenters. The van der Waals surface area contributed by atoms with Crippen LogP contribution in [0.4, 0.5) is 5.69 Å². The molecule has 1 aromatic carbocycles. The number of anilines is 1. The highest BCUT2D eigenvalue weighted by atomic mass is 32.1. The van der Waals surface area contributed by atoms with Crippen molar-refractivity contribution >= 4 is 17.0 Å². The lowest BCUT2D eigenvalue weighted by Gasteiger charge is -2.03. The van der Waals surface area contributed by atoms with Crippen LogP contribution in [0.1, 0.15) is 5.56 Å². The van der Waals surface area contributed by atoms with Crippen molar-refractivity contribution in [2.24, 2.45) is 0 Å². The standard InChI is InChI=1S/C15H15N3O2S/c1-10-8-21-9-13(10)14-17-15(20-18-14)11-2-4-12(5-3-11)16-6-7-19/h2-5,8-9,16,19H,6-7H2,1H3. The molecule has 3 aromatic rings. The minimum atomic E-state index is 0.106. The number of hydrogen-bond acceptors (Lipinski definition) is 6. The molecule has 3 rings (SSSR count). The lowest BCUT2D eigenvalue weighted by atomic mass is 10.2. The maximum Gasteiger partial charge on any atom is 0.258 e. The summed E-state index contributed by atoms with van der Waals surface area (Å²) in [6.45, 7) is 2.67. The third-order valence-electron chi connectivity index (χ3n) is 3.10. The maximum absolute atomic E-state index is 8.78. The van der Waals surface area contributed by atoms with Gasteiger partial charge in [-0.25, -0.2) is 0 Å². The van der Waals surface area contributed by atoms with E-state index in [1.807, 2.05) is 36.6 Å². The van der Waals surface area contributed by atoms with E-state index in [0.29, 0.717) is 18.3 Å². The molecular weight excluding hydrogens is 286 g/mol. The Balaban J connectivity index is 1.81. The molecule has 0 saturated heterocycles. The van der Waals surface area contributed by atoms with Crippen LogP contribution in [-0.4, -0.2) is 28.4 Å². The second-order valence-corrected chi connectivity index (χ2v) is 5.36. The van der Waals surface area contributed by atoms with Gasteiger partial charge in [0.05, 0.1) is 6.61 Å². The van der Waals surface area contributed by atoms with E-state index in [9.17, 15) is 0 Å². The predicted molar refractivity (Wildman–Crippen MR) is 83.4 cm³/mol. The van der Waals surface area contributed by atoms with Crippen LogP contribution in [0.3, 0.4) is 0 Å². The first-order valence-corrected chi connectivity index (χ1v) is 7.54. The van der Waals surface area contributed by atoms with Crippen molar-refractivity contribution in [3.63, 3.8) is 0 Å². The summed E-state index contributed by atoms with van der Waals surface area (Å²) in [6.07, 6.45) is 0. The Kier molecular flexibility index (Phi) is 3.98. The molecule has 0 aliphatic heterocycles. The van der Waals surface area contributed by atoms with Crippen molar-refractivity contribution in [1.29, 1.82) is 0 Å². The van der Waals surface area contributed by atoms with Gasteiger partial charge in [0.15, 0.2) is 0 Å². The molecule has 0 aliphatic carbocycles. The zero-order valence-corrected chi connectivity index (χ0v) is 12.4. The molecule has 0 radical (unpaired) electrons. The fraction of sp³-hybridized carbons (Fsp3) is 0.200. The molecule has 0 fully saturated rings. The van der Waals surface area contributed by atoms with Crippen LogP contribution < -0.4 is 5.32 Å². The number of thiophene rings is 1. The van der Waals surface area contributed by atoms with Gasteiger partial charge in [-0.1, -0.05) is 5.16 Å². The van der Waals surface area contributed by atoms with E-state index in [1.54, 1.807) is 11.3 Å². The van der Waals surface area contributed by atoms with Gasteiger partial charge >= 0.3 is 0 Å². The molecule has 0 spiro atoms. The molecule has 0 unspecified atom stereocenters. The van der Waals surface area contributed by atoms with Crippen molar-refractivity contribution in [2.75, 3.05) is 18.5 Å². The molecule has 0 saturated carbocycles. The third kappa shape index (κ3) is 2.96. The molecule has 2 N–H and O–H groups in total. The van der Waals surface area contributed by atoms with Crippen LogP contribution in [-0.2, 0) is 0 Å². The Morgan fingerprint density at radius 2 is 2.05 bits per heavy atom. The number of aromatic nitrogens is 2. The smallest absolute Gasteiger partial charge is 0.258 e. The fourth-order valence-corrected chi connectivity index (χ4v) is 2.80. The van der Waals surface area contributed by atoms with Crippen LogP contribution in [0.2, 0.25) is 0 Å². The van der Waals surface area contributed by atoms with Gasteiger partial charge in [-0.3, -0.25) is 0 Å². The summed E-state index contributed by atoms with van der Waals surface area (Å²) in [5, 5.41) is 20.0. The summed E-state index contributed by atoms with van der Waals surface area (Å²) >= 11 is 1.63. The second kappa shape index (κ2) is 6.07. The summed E-state index contributed by atoms with van der Waals surface area (Å²) in [5.74, 6) is 1.12. The van der Waals surface area contributed by atoms with Gasteiger partial charge in [-0.15, -0.1) is 0 Å². The molecule has 0 amide bonds. The van der Waals surface area contributed by atoms with E-state index < -0.39 is 0 Å². The van der Waals surface area contributed by atoms with E-state index >= 15 is 0 Å². The quantitative estimate of drug-likeness (QED) is 0.757. The number of hydrogen-bond donors (Lipinski definition) is 2. The Labute approximate surface area is 126 Å². The number of nitrogens with one attached hydrogen (secondary N) is 1. The highest BCUT2D eigenvalue weighted by Crippen LogP contribution is 2.27. The highest BCUT2D eigenvalue weighted by Gasteiger charge is 2.12. The van der Waals surface area contributed by atoms with Gasteiger partial charge in [0.2, 0.25) is 5.82 Å². The van der Waals surface area contributed by atoms with Crippen LogP contribution in [0.5, 0.6) is 0 Å². The normalized spacial score (nSPS) is 10.8. The topological polar surface area (TPSA) is 71.2 Å².